The predicted molar refractivity (Wildman–Crippen MR) is 63.4 cm³/mol. The van der Waals surface area contributed by atoms with Crippen molar-refractivity contribution >= 4 is 23.5 Å². The molecular weight excluding hydrogens is 229 g/mol. The second kappa shape index (κ2) is 4.91. The average molecular weight is 239 g/mol. The lowest BCUT2D eigenvalue weighted by Gasteiger charge is -2.21. The monoisotopic (exact) mass is 239 g/mol. The van der Waals surface area contributed by atoms with Gasteiger partial charge in [-0.05, 0) is 35.6 Å². The Kier molecular flexibility index (Phi) is 3.55. The molecule has 0 spiro atoms. The number of hydrogen-bond donors (Lipinski definition) is 0. The van der Waals surface area contributed by atoms with Crippen LogP contribution >= 0.6 is 23.5 Å². The first-order chi connectivity index (χ1) is 7.31. The van der Waals surface area contributed by atoms with E-state index in [-0.39, 0.29) is 5.56 Å². The number of halogens is 1. The normalized spacial score (nSPS) is 17.3. The maximum absolute atomic E-state index is 13.1. The minimum absolute atomic E-state index is 0.152. The molecule has 4 heteroatoms. The van der Waals surface area contributed by atoms with E-state index in [0.29, 0.717) is 4.58 Å². The van der Waals surface area contributed by atoms with Crippen LogP contribution in [0.5, 0.6) is 0 Å². The lowest BCUT2D eigenvalue weighted by atomic mass is 10.1. The number of rotatable bonds is 1. The topological polar surface area (TPSA) is 23.8 Å². The summed E-state index contributed by atoms with van der Waals surface area (Å²) >= 11 is 3.74. The van der Waals surface area contributed by atoms with Crippen molar-refractivity contribution in [1.29, 1.82) is 5.26 Å². The van der Waals surface area contributed by atoms with Crippen LogP contribution in [0.4, 0.5) is 4.39 Å². The van der Waals surface area contributed by atoms with E-state index in [1.165, 1.54) is 12.5 Å². The molecule has 1 aromatic rings. The fraction of sp³-hybridized carbons (Fsp3) is 0.364. The molecule has 1 saturated heterocycles. The molecule has 0 N–H and O–H groups in total. The Morgan fingerprint density at radius 2 is 2.07 bits per heavy atom. The zero-order valence-electron chi connectivity index (χ0n) is 8.07. The Morgan fingerprint density at radius 3 is 2.73 bits per heavy atom. The summed E-state index contributed by atoms with van der Waals surface area (Å²) in [4.78, 5) is 0. The molecule has 0 aromatic heterocycles. The Balaban J connectivity index is 2.25. The number of thioether (sulfide) groups is 2. The molecule has 0 amide bonds. The Morgan fingerprint density at radius 1 is 1.33 bits per heavy atom. The van der Waals surface area contributed by atoms with Gasteiger partial charge in [-0.3, -0.25) is 0 Å². The van der Waals surface area contributed by atoms with Crippen molar-refractivity contribution in [3.8, 4) is 6.07 Å². The van der Waals surface area contributed by atoms with Gasteiger partial charge in [-0.15, -0.1) is 23.5 Å². The molecule has 1 aliphatic rings. The van der Waals surface area contributed by atoms with Crippen molar-refractivity contribution in [2.24, 2.45) is 0 Å². The SMILES string of the molecule is N#Cc1cc(C2SCCCS2)ccc1F. The highest BCUT2D eigenvalue weighted by atomic mass is 32.2. The van der Waals surface area contributed by atoms with Gasteiger partial charge in [0.1, 0.15) is 11.9 Å². The lowest BCUT2D eigenvalue weighted by molar-refractivity contribution is 0.623. The van der Waals surface area contributed by atoms with Crippen LogP contribution in [0, 0.1) is 17.1 Å². The average Bonchev–Trinajstić information content (AvgIpc) is 2.31. The van der Waals surface area contributed by atoms with E-state index < -0.39 is 5.82 Å². The van der Waals surface area contributed by atoms with Gasteiger partial charge >= 0.3 is 0 Å². The maximum atomic E-state index is 13.1. The van der Waals surface area contributed by atoms with Gasteiger partial charge < -0.3 is 0 Å². The third-order valence-electron chi connectivity index (χ3n) is 2.21. The Labute approximate surface area is 97.1 Å². The third kappa shape index (κ3) is 2.47. The quantitative estimate of drug-likeness (QED) is 0.748. The van der Waals surface area contributed by atoms with Gasteiger partial charge in [0.2, 0.25) is 0 Å². The van der Waals surface area contributed by atoms with E-state index in [9.17, 15) is 4.39 Å². The van der Waals surface area contributed by atoms with Crippen LogP contribution in [0.3, 0.4) is 0 Å². The summed E-state index contributed by atoms with van der Waals surface area (Å²) in [7, 11) is 0. The van der Waals surface area contributed by atoms with Crippen LogP contribution in [0.15, 0.2) is 18.2 Å². The number of nitrogens with zero attached hydrogens (tertiary/aromatic N) is 1. The maximum Gasteiger partial charge on any atom is 0.140 e. The highest BCUT2D eigenvalue weighted by molar-refractivity contribution is 8.16. The number of nitriles is 1. The van der Waals surface area contributed by atoms with E-state index in [1.54, 1.807) is 12.1 Å². The highest BCUT2D eigenvalue weighted by Gasteiger charge is 2.17. The van der Waals surface area contributed by atoms with Crippen molar-refractivity contribution in [2.45, 2.75) is 11.0 Å². The van der Waals surface area contributed by atoms with E-state index in [0.717, 1.165) is 17.1 Å². The minimum Gasteiger partial charge on any atom is -0.206 e. The molecule has 1 heterocycles. The smallest absolute Gasteiger partial charge is 0.140 e. The van der Waals surface area contributed by atoms with Crippen LogP contribution in [0.25, 0.3) is 0 Å². The van der Waals surface area contributed by atoms with Crippen molar-refractivity contribution < 1.29 is 4.39 Å². The number of benzene rings is 1. The first-order valence-corrected chi connectivity index (χ1v) is 6.84. The summed E-state index contributed by atoms with van der Waals surface area (Å²) in [5, 5.41) is 8.74. The first kappa shape index (κ1) is 10.8. The third-order valence-corrected chi connectivity index (χ3v) is 5.23. The fourth-order valence-corrected chi connectivity index (χ4v) is 4.33. The van der Waals surface area contributed by atoms with Gasteiger partial charge in [0.15, 0.2) is 0 Å². The van der Waals surface area contributed by atoms with Crippen LogP contribution in [0.2, 0.25) is 0 Å². The summed E-state index contributed by atoms with van der Waals surface area (Å²) in [6, 6.07) is 6.73. The first-order valence-electron chi connectivity index (χ1n) is 4.74. The second-order valence-electron chi connectivity index (χ2n) is 3.28. The molecule has 0 bridgehead atoms. The van der Waals surface area contributed by atoms with Gasteiger partial charge in [-0.1, -0.05) is 6.07 Å². The largest absolute Gasteiger partial charge is 0.206 e. The Hall–Kier alpha value is -0.660. The molecule has 1 aromatic carbocycles. The Bertz CT molecular complexity index is 394. The lowest BCUT2D eigenvalue weighted by Crippen LogP contribution is -2.01. The fourth-order valence-electron chi connectivity index (χ4n) is 1.46. The zero-order valence-corrected chi connectivity index (χ0v) is 9.71. The molecule has 15 heavy (non-hydrogen) atoms. The van der Waals surface area contributed by atoms with E-state index in [1.807, 2.05) is 29.6 Å². The summed E-state index contributed by atoms with van der Waals surface area (Å²) in [6.07, 6.45) is 1.23. The van der Waals surface area contributed by atoms with E-state index in [2.05, 4.69) is 0 Å². The standard InChI is InChI=1S/C11H10FNS2/c12-10-3-2-8(6-9(10)7-13)11-14-4-1-5-15-11/h2-3,6,11H,1,4-5H2. The summed E-state index contributed by atoms with van der Waals surface area (Å²) < 4.78 is 13.5. The van der Waals surface area contributed by atoms with Crippen molar-refractivity contribution in [3.63, 3.8) is 0 Å². The van der Waals surface area contributed by atoms with Crippen molar-refractivity contribution in [2.75, 3.05) is 11.5 Å². The van der Waals surface area contributed by atoms with Crippen LogP contribution in [0.1, 0.15) is 22.1 Å². The summed E-state index contributed by atoms with van der Waals surface area (Å²) in [6.45, 7) is 0. The summed E-state index contributed by atoms with van der Waals surface area (Å²) in [5.74, 6) is 1.88. The van der Waals surface area contributed by atoms with Gasteiger partial charge in [0.25, 0.3) is 0 Å². The van der Waals surface area contributed by atoms with E-state index in [4.69, 9.17) is 5.26 Å². The van der Waals surface area contributed by atoms with Gasteiger partial charge in [0, 0.05) is 0 Å². The molecule has 2 rings (SSSR count). The van der Waals surface area contributed by atoms with Gasteiger partial charge in [-0.25, -0.2) is 4.39 Å². The molecule has 1 aliphatic heterocycles. The van der Waals surface area contributed by atoms with Crippen LogP contribution in [-0.2, 0) is 0 Å². The van der Waals surface area contributed by atoms with Crippen LogP contribution in [-0.4, -0.2) is 11.5 Å². The minimum atomic E-state index is -0.424. The molecule has 1 fully saturated rings. The van der Waals surface area contributed by atoms with Crippen molar-refractivity contribution in [1.82, 2.24) is 0 Å². The molecule has 0 saturated carbocycles. The second-order valence-corrected chi connectivity index (χ2v) is 6.00. The van der Waals surface area contributed by atoms with E-state index >= 15 is 0 Å². The van der Waals surface area contributed by atoms with Gasteiger partial charge in [0.05, 0.1) is 10.1 Å². The van der Waals surface area contributed by atoms with Crippen molar-refractivity contribution in [3.05, 3.63) is 35.1 Å². The molecular formula is C11H10FNS2. The molecule has 78 valence electrons. The summed E-state index contributed by atoms with van der Waals surface area (Å²) in [5.41, 5.74) is 1.21. The molecule has 0 unspecified atom stereocenters. The van der Waals surface area contributed by atoms with Crippen LogP contribution < -0.4 is 0 Å². The number of hydrogen-bond acceptors (Lipinski definition) is 3. The highest BCUT2D eigenvalue weighted by Crippen LogP contribution is 2.43. The molecule has 0 radical (unpaired) electrons. The molecule has 1 nitrogen and oxygen atoms in total. The molecule has 0 aliphatic carbocycles. The van der Waals surface area contributed by atoms with Gasteiger partial charge in [-0.2, -0.15) is 5.26 Å². The molecule has 0 atom stereocenters. The zero-order chi connectivity index (χ0) is 10.7. The predicted octanol–water partition coefficient (Wildman–Crippen LogP) is 3.57.